The van der Waals surface area contributed by atoms with Gasteiger partial charge in [0.25, 0.3) is 0 Å². The van der Waals surface area contributed by atoms with E-state index in [9.17, 15) is 8.78 Å². The van der Waals surface area contributed by atoms with Crippen molar-refractivity contribution < 1.29 is 8.78 Å². The molecule has 0 heterocycles. The van der Waals surface area contributed by atoms with Gasteiger partial charge in [-0.25, -0.2) is 8.78 Å². The minimum absolute atomic E-state index is 0.0688. The van der Waals surface area contributed by atoms with Crippen LogP contribution in [0.15, 0.2) is 23.2 Å². The summed E-state index contributed by atoms with van der Waals surface area (Å²) in [5.74, 6) is -0.503. The van der Waals surface area contributed by atoms with Crippen molar-refractivity contribution in [2.75, 3.05) is 20.6 Å². The number of nitrogens with zero attached hydrogens (tertiary/aromatic N) is 1. The highest BCUT2D eigenvalue weighted by Gasteiger charge is 2.11. The van der Waals surface area contributed by atoms with E-state index in [-0.39, 0.29) is 5.92 Å². The summed E-state index contributed by atoms with van der Waals surface area (Å²) in [6, 6.07) is 3.64. The highest BCUT2D eigenvalue weighted by Crippen LogP contribution is 2.18. The van der Waals surface area contributed by atoms with E-state index in [0.29, 0.717) is 18.1 Å². The van der Waals surface area contributed by atoms with E-state index in [0.717, 1.165) is 6.07 Å². The largest absolute Gasteiger partial charge is 0.359 e. The molecule has 0 aliphatic carbocycles. The molecule has 3 nitrogen and oxygen atoms in total. The number of aliphatic imine (C=N–C) groups is 1. The molecule has 0 amide bonds. The maximum Gasteiger partial charge on any atom is 0.190 e. The summed E-state index contributed by atoms with van der Waals surface area (Å²) in [4.78, 5) is 3.95. The van der Waals surface area contributed by atoms with E-state index in [1.807, 2.05) is 6.92 Å². The third-order valence-electron chi connectivity index (χ3n) is 2.53. The molecule has 0 aliphatic rings. The van der Waals surface area contributed by atoms with Crippen molar-refractivity contribution in [3.63, 3.8) is 0 Å². The molecule has 94 valence electrons. The van der Waals surface area contributed by atoms with Gasteiger partial charge >= 0.3 is 0 Å². The first-order valence-electron chi connectivity index (χ1n) is 5.41. The SMILES string of the molecule is CN=C(NC)NC[C@H](C)c1ccc(F)cc1F. The summed E-state index contributed by atoms with van der Waals surface area (Å²) in [7, 11) is 3.40. The molecule has 1 rings (SSSR count). The molecule has 0 saturated heterocycles. The molecule has 0 saturated carbocycles. The molecule has 2 N–H and O–H groups in total. The van der Waals surface area contributed by atoms with E-state index in [2.05, 4.69) is 15.6 Å². The lowest BCUT2D eigenvalue weighted by Crippen LogP contribution is -2.36. The van der Waals surface area contributed by atoms with Crippen LogP contribution >= 0.6 is 0 Å². The topological polar surface area (TPSA) is 36.4 Å². The van der Waals surface area contributed by atoms with E-state index < -0.39 is 11.6 Å². The van der Waals surface area contributed by atoms with Gasteiger partial charge in [-0.15, -0.1) is 0 Å². The smallest absolute Gasteiger partial charge is 0.190 e. The fraction of sp³-hybridized carbons (Fsp3) is 0.417. The Kier molecular flexibility index (Phi) is 4.87. The van der Waals surface area contributed by atoms with Crippen molar-refractivity contribution in [3.05, 3.63) is 35.4 Å². The van der Waals surface area contributed by atoms with E-state index in [4.69, 9.17) is 0 Å². The van der Waals surface area contributed by atoms with Crippen LogP contribution in [0.2, 0.25) is 0 Å². The van der Waals surface area contributed by atoms with Crippen LogP contribution in [0.25, 0.3) is 0 Å². The number of nitrogens with one attached hydrogen (secondary N) is 2. The highest BCUT2D eigenvalue weighted by atomic mass is 19.1. The lowest BCUT2D eigenvalue weighted by atomic mass is 10.0. The predicted octanol–water partition coefficient (Wildman–Crippen LogP) is 1.86. The van der Waals surface area contributed by atoms with E-state index >= 15 is 0 Å². The molecule has 0 radical (unpaired) electrons. The number of halogens is 2. The van der Waals surface area contributed by atoms with Crippen LogP contribution in [-0.4, -0.2) is 26.6 Å². The molecule has 5 heteroatoms. The molecule has 17 heavy (non-hydrogen) atoms. The summed E-state index contributed by atoms with van der Waals surface area (Å²) >= 11 is 0. The summed E-state index contributed by atoms with van der Waals surface area (Å²) in [5, 5.41) is 5.91. The third kappa shape index (κ3) is 3.69. The van der Waals surface area contributed by atoms with E-state index in [1.165, 1.54) is 12.1 Å². The number of hydrogen-bond donors (Lipinski definition) is 2. The minimum Gasteiger partial charge on any atom is -0.359 e. The summed E-state index contributed by atoms with van der Waals surface area (Å²) in [6.07, 6.45) is 0. The van der Waals surface area contributed by atoms with Gasteiger partial charge in [-0.3, -0.25) is 4.99 Å². The van der Waals surface area contributed by atoms with Crippen LogP contribution in [0.4, 0.5) is 8.78 Å². The van der Waals surface area contributed by atoms with Crippen molar-refractivity contribution in [1.82, 2.24) is 10.6 Å². The van der Waals surface area contributed by atoms with Gasteiger partial charge in [0.1, 0.15) is 11.6 Å². The monoisotopic (exact) mass is 241 g/mol. The fourth-order valence-electron chi connectivity index (χ4n) is 1.54. The normalized spacial score (nSPS) is 13.4. The Morgan fingerprint density at radius 3 is 2.65 bits per heavy atom. The molecule has 1 aromatic carbocycles. The Morgan fingerprint density at radius 2 is 2.12 bits per heavy atom. The van der Waals surface area contributed by atoms with Crippen LogP contribution in [-0.2, 0) is 0 Å². The molecule has 1 aromatic rings. The summed E-state index contributed by atoms with van der Waals surface area (Å²) in [6.45, 7) is 2.39. The summed E-state index contributed by atoms with van der Waals surface area (Å²) in [5.41, 5.74) is 0.491. The fourth-order valence-corrected chi connectivity index (χ4v) is 1.54. The van der Waals surface area contributed by atoms with Crippen LogP contribution in [0, 0.1) is 11.6 Å². The number of rotatable bonds is 3. The molecule has 0 bridgehead atoms. The van der Waals surface area contributed by atoms with Gasteiger partial charge in [-0.1, -0.05) is 13.0 Å². The van der Waals surface area contributed by atoms with Gasteiger partial charge in [0.15, 0.2) is 5.96 Å². The maximum absolute atomic E-state index is 13.5. The Morgan fingerprint density at radius 1 is 1.41 bits per heavy atom. The number of benzene rings is 1. The maximum atomic E-state index is 13.5. The van der Waals surface area contributed by atoms with Gasteiger partial charge in [0, 0.05) is 32.6 Å². The average molecular weight is 241 g/mol. The first-order chi connectivity index (χ1) is 8.08. The first-order valence-corrected chi connectivity index (χ1v) is 5.41. The lowest BCUT2D eigenvalue weighted by Gasteiger charge is -2.15. The van der Waals surface area contributed by atoms with Crippen molar-refractivity contribution in [2.45, 2.75) is 12.8 Å². The van der Waals surface area contributed by atoms with Gasteiger partial charge in [0.05, 0.1) is 0 Å². The number of guanidine groups is 1. The third-order valence-corrected chi connectivity index (χ3v) is 2.53. The van der Waals surface area contributed by atoms with Crippen LogP contribution < -0.4 is 10.6 Å². The zero-order valence-corrected chi connectivity index (χ0v) is 10.2. The molecule has 0 unspecified atom stereocenters. The Labute approximate surface area is 99.9 Å². The first kappa shape index (κ1) is 13.4. The zero-order chi connectivity index (χ0) is 12.8. The van der Waals surface area contributed by atoms with Crippen LogP contribution in [0.5, 0.6) is 0 Å². The van der Waals surface area contributed by atoms with Crippen LogP contribution in [0.3, 0.4) is 0 Å². The second-order valence-electron chi connectivity index (χ2n) is 3.77. The van der Waals surface area contributed by atoms with Gasteiger partial charge in [0.2, 0.25) is 0 Å². The Bertz CT molecular complexity index is 405. The van der Waals surface area contributed by atoms with Gasteiger partial charge in [-0.2, -0.15) is 0 Å². The van der Waals surface area contributed by atoms with Crippen molar-refractivity contribution in [1.29, 1.82) is 0 Å². The van der Waals surface area contributed by atoms with Crippen molar-refractivity contribution in [3.8, 4) is 0 Å². The second-order valence-corrected chi connectivity index (χ2v) is 3.77. The van der Waals surface area contributed by atoms with Gasteiger partial charge in [-0.05, 0) is 11.6 Å². The quantitative estimate of drug-likeness (QED) is 0.626. The molecule has 0 aliphatic heterocycles. The summed E-state index contributed by atoms with van der Waals surface area (Å²) < 4.78 is 26.2. The molecule has 1 atom stereocenters. The highest BCUT2D eigenvalue weighted by molar-refractivity contribution is 5.79. The Hall–Kier alpha value is -1.65. The molecular formula is C12H17F2N3. The lowest BCUT2D eigenvalue weighted by molar-refractivity contribution is 0.556. The zero-order valence-electron chi connectivity index (χ0n) is 10.2. The standard InChI is InChI=1S/C12H17F2N3/c1-8(7-17-12(15-2)16-3)10-5-4-9(13)6-11(10)14/h4-6,8H,7H2,1-3H3,(H2,15,16,17)/t8-/m0/s1. The van der Waals surface area contributed by atoms with E-state index in [1.54, 1.807) is 14.1 Å². The minimum atomic E-state index is -0.558. The average Bonchev–Trinajstić information content (AvgIpc) is 2.30. The molecular weight excluding hydrogens is 224 g/mol. The molecule has 0 fully saturated rings. The Balaban J connectivity index is 2.67. The van der Waals surface area contributed by atoms with Crippen molar-refractivity contribution in [2.24, 2.45) is 4.99 Å². The number of hydrogen-bond acceptors (Lipinski definition) is 1. The van der Waals surface area contributed by atoms with Crippen molar-refractivity contribution >= 4 is 5.96 Å². The molecule has 0 spiro atoms. The van der Waals surface area contributed by atoms with Gasteiger partial charge < -0.3 is 10.6 Å². The predicted molar refractivity (Wildman–Crippen MR) is 65.2 cm³/mol. The van der Waals surface area contributed by atoms with Crippen LogP contribution in [0.1, 0.15) is 18.4 Å². The second kappa shape index (κ2) is 6.18. The molecule has 0 aromatic heterocycles.